The summed E-state index contributed by atoms with van der Waals surface area (Å²) >= 11 is 6.13. The van der Waals surface area contributed by atoms with Gasteiger partial charge in [-0.15, -0.1) is 0 Å². The van der Waals surface area contributed by atoms with Crippen molar-refractivity contribution in [1.82, 2.24) is 25.1 Å². The second kappa shape index (κ2) is 9.29. The van der Waals surface area contributed by atoms with Crippen molar-refractivity contribution < 1.29 is 22.8 Å². The predicted octanol–water partition coefficient (Wildman–Crippen LogP) is 4.52. The van der Waals surface area contributed by atoms with Crippen molar-refractivity contribution in [2.45, 2.75) is 52.3 Å². The highest BCUT2D eigenvalue weighted by atomic mass is 35.5. The fourth-order valence-electron chi connectivity index (χ4n) is 4.01. The summed E-state index contributed by atoms with van der Waals surface area (Å²) in [6.07, 6.45) is -1.46. The van der Waals surface area contributed by atoms with Gasteiger partial charge in [0.2, 0.25) is 0 Å². The van der Waals surface area contributed by atoms with Crippen LogP contribution in [0.3, 0.4) is 0 Å². The normalized spacial score (nSPS) is 13.1. The van der Waals surface area contributed by atoms with Crippen LogP contribution in [0.1, 0.15) is 63.8 Å². The second-order valence-electron chi connectivity index (χ2n) is 8.44. The van der Waals surface area contributed by atoms with Crippen molar-refractivity contribution in [3.8, 4) is 5.82 Å². The van der Waals surface area contributed by atoms with E-state index >= 15 is 0 Å². The minimum atomic E-state index is -4.81. The molecule has 3 heterocycles. The van der Waals surface area contributed by atoms with Gasteiger partial charge < -0.3 is 10.6 Å². The molecule has 0 saturated heterocycles. The molecule has 184 valence electrons. The topological polar surface area (TPSA) is 102 Å². The lowest BCUT2D eigenvalue weighted by atomic mass is 10.0. The summed E-state index contributed by atoms with van der Waals surface area (Å²) in [4.78, 5) is 34.9. The summed E-state index contributed by atoms with van der Waals surface area (Å²) < 4.78 is 41.2. The molecule has 0 spiro atoms. The first kappa shape index (κ1) is 24.6. The van der Waals surface area contributed by atoms with Crippen LogP contribution in [0.25, 0.3) is 5.82 Å². The molecule has 0 bridgehead atoms. The Morgan fingerprint density at radius 3 is 2.60 bits per heavy atom. The Kier molecular flexibility index (Phi) is 6.54. The second-order valence-corrected chi connectivity index (χ2v) is 8.85. The zero-order valence-electron chi connectivity index (χ0n) is 19.1. The number of halogens is 4. The van der Waals surface area contributed by atoms with Gasteiger partial charge in [0.25, 0.3) is 11.8 Å². The van der Waals surface area contributed by atoms with Gasteiger partial charge in [-0.1, -0.05) is 11.6 Å². The Hall–Kier alpha value is -3.47. The Bertz CT molecular complexity index is 1320. The van der Waals surface area contributed by atoms with Crippen LogP contribution < -0.4 is 10.6 Å². The fraction of sp³-hybridized carbons (Fsp3) is 0.348. The van der Waals surface area contributed by atoms with Gasteiger partial charge in [0.15, 0.2) is 11.5 Å². The first-order chi connectivity index (χ1) is 16.5. The van der Waals surface area contributed by atoms with Crippen molar-refractivity contribution in [1.29, 1.82) is 0 Å². The smallest absolute Gasteiger partial charge is 0.350 e. The van der Waals surface area contributed by atoms with Crippen LogP contribution in [0.4, 0.5) is 18.9 Å². The third-order valence-corrected chi connectivity index (χ3v) is 5.76. The zero-order valence-corrected chi connectivity index (χ0v) is 19.9. The van der Waals surface area contributed by atoms with Crippen molar-refractivity contribution >= 4 is 29.1 Å². The number of aromatic nitrogens is 4. The molecule has 12 heteroatoms. The van der Waals surface area contributed by atoms with Crippen LogP contribution >= 0.6 is 11.6 Å². The van der Waals surface area contributed by atoms with E-state index in [2.05, 4.69) is 25.7 Å². The van der Waals surface area contributed by atoms with Gasteiger partial charge in [0, 0.05) is 24.0 Å². The highest BCUT2D eigenvalue weighted by molar-refractivity contribution is 6.32. The maximum absolute atomic E-state index is 13.5. The molecule has 0 aromatic carbocycles. The van der Waals surface area contributed by atoms with Crippen LogP contribution in [0.2, 0.25) is 5.02 Å². The summed E-state index contributed by atoms with van der Waals surface area (Å²) in [5, 5.41) is 9.03. The molecule has 3 aromatic heterocycles. The Labute approximate surface area is 203 Å². The average molecular weight is 507 g/mol. The van der Waals surface area contributed by atoms with Gasteiger partial charge in [-0.2, -0.15) is 18.3 Å². The van der Waals surface area contributed by atoms with E-state index in [1.807, 2.05) is 0 Å². The number of carbonyl (C=O) groups is 2. The molecule has 0 fully saturated rings. The minimum absolute atomic E-state index is 0.0102. The number of anilines is 1. The lowest BCUT2D eigenvalue weighted by Gasteiger charge is -2.18. The third-order valence-electron chi connectivity index (χ3n) is 5.46. The number of nitrogens with one attached hydrogen (secondary N) is 2. The highest BCUT2D eigenvalue weighted by Crippen LogP contribution is 2.34. The summed E-state index contributed by atoms with van der Waals surface area (Å²) in [5.41, 5.74) is 0.545. The summed E-state index contributed by atoms with van der Waals surface area (Å²) in [6.45, 7) is 5.24. The van der Waals surface area contributed by atoms with Gasteiger partial charge in [-0.3, -0.25) is 14.6 Å². The number of amides is 2. The van der Waals surface area contributed by atoms with E-state index in [-0.39, 0.29) is 28.1 Å². The molecule has 1 aliphatic rings. The maximum Gasteiger partial charge on any atom is 0.435 e. The molecule has 0 unspecified atom stereocenters. The molecule has 3 aromatic rings. The van der Waals surface area contributed by atoms with E-state index in [1.165, 1.54) is 18.3 Å². The quantitative estimate of drug-likeness (QED) is 0.529. The molecule has 35 heavy (non-hydrogen) atoms. The van der Waals surface area contributed by atoms with Gasteiger partial charge in [0.1, 0.15) is 5.69 Å². The van der Waals surface area contributed by atoms with E-state index in [0.717, 1.165) is 16.8 Å². The van der Waals surface area contributed by atoms with Crippen LogP contribution in [-0.2, 0) is 19.0 Å². The lowest BCUT2D eigenvalue weighted by molar-refractivity contribution is -0.141. The van der Waals surface area contributed by atoms with E-state index in [9.17, 15) is 22.8 Å². The summed E-state index contributed by atoms with van der Waals surface area (Å²) in [5.74, 6) is -1.47. The van der Waals surface area contributed by atoms with Crippen molar-refractivity contribution in [3.63, 3.8) is 0 Å². The molecule has 4 rings (SSSR count). The number of alkyl halides is 3. The number of rotatable bonds is 5. The lowest BCUT2D eigenvalue weighted by Crippen LogP contribution is -2.32. The third kappa shape index (κ3) is 4.86. The molecule has 1 aliphatic carbocycles. The molecular weight excluding hydrogens is 485 g/mol. The first-order valence-electron chi connectivity index (χ1n) is 10.9. The van der Waals surface area contributed by atoms with Crippen LogP contribution in [-0.4, -0.2) is 37.6 Å². The van der Waals surface area contributed by atoms with Crippen molar-refractivity contribution in [2.75, 3.05) is 5.32 Å². The number of hydrogen-bond acceptors (Lipinski definition) is 5. The van der Waals surface area contributed by atoms with Gasteiger partial charge in [0.05, 0.1) is 22.0 Å². The molecule has 0 aliphatic heterocycles. The molecule has 0 saturated carbocycles. The van der Waals surface area contributed by atoms with Gasteiger partial charge >= 0.3 is 6.18 Å². The number of carbonyl (C=O) groups excluding carboxylic acids is 2. The minimum Gasteiger partial charge on any atom is -0.350 e. The molecule has 2 N–H and O–H groups in total. The SMILES string of the molecule is Cc1nc2c(c(NC(=O)c3cc(C(F)(F)F)nn3-c3ncccc3Cl)c1C(=O)NC(C)C)CCC2. The number of pyridine rings is 2. The molecule has 0 radical (unpaired) electrons. The number of aryl methyl sites for hydroxylation is 2. The monoisotopic (exact) mass is 506 g/mol. The van der Waals surface area contributed by atoms with E-state index < -0.39 is 29.4 Å². The standard InChI is InChI=1S/C23H22ClF3N6O2/c1-11(2)29-22(35)18-12(3)30-15-8-4-6-13(15)19(18)31-21(34)16-10-17(23(25,26)27)32-33(16)20-14(24)7-5-9-28-20/h5,7,9-11H,4,6,8H2,1-3H3,(H,29,35)(H,30,31,34). The Balaban J connectivity index is 1.83. The van der Waals surface area contributed by atoms with E-state index in [1.54, 1.807) is 20.8 Å². The zero-order chi connectivity index (χ0) is 25.5. The van der Waals surface area contributed by atoms with E-state index in [4.69, 9.17) is 11.6 Å². The molecule has 2 amide bonds. The Morgan fingerprint density at radius 2 is 1.94 bits per heavy atom. The molecular formula is C23H22ClF3N6O2. The summed E-state index contributed by atoms with van der Waals surface area (Å²) in [7, 11) is 0. The number of hydrogen-bond donors (Lipinski definition) is 2. The maximum atomic E-state index is 13.5. The van der Waals surface area contributed by atoms with Crippen LogP contribution in [0.5, 0.6) is 0 Å². The first-order valence-corrected chi connectivity index (χ1v) is 11.3. The summed E-state index contributed by atoms with van der Waals surface area (Å²) in [6, 6.07) is 3.37. The van der Waals surface area contributed by atoms with Crippen molar-refractivity contribution in [2.24, 2.45) is 0 Å². The number of nitrogens with zero attached hydrogens (tertiary/aromatic N) is 4. The molecule has 8 nitrogen and oxygen atoms in total. The highest BCUT2D eigenvalue weighted by Gasteiger charge is 2.37. The van der Waals surface area contributed by atoms with E-state index in [0.29, 0.717) is 30.2 Å². The predicted molar refractivity (Wildman–Crippen MR) is 123 cm³/mol. The van der Waals surface area contributed by atoms with Crippen LogP contribution in [0, 0.1) is 6.92 Å². The average Bonchev–Trinajstić information content (AvgIpc) is 3.40. The van der Waals surface area contributed by atoms with Gasteiger partial charge in [-0.05, 0) is 57.7 Å². The Morgan fingerprint density at radius 1 is 1.20 bits per heavy atom. The fourth-order valence-corrected chi connectivity index (χ4v) is 4.22. The van der Waals surface area contributed by atoms with Crippen LogP contribution in [0.15, 0.2) is 24.4 Å². The molecule has 0 atom stereocenters. The van der Waals surface area contributed by atoms with Gasteiger partial charge in [-0.25, -0.2) is 9.67 Å². The van der Waals surface area contributed by atoms with Crippen molar-refractivity contribution in [3.05, 3.63) is 63.3 Å². The largest absolute Gasteiger partial charge is 0.435 e. The number of fused-ring (bicyclic) bond motifs is 1.